The molecule has 5 atom stereocenters. The molecule has 7 rings (SSSR count). The van der Waals surface area contributed by atoms with Crippen molar-refractivity contribution in [1.29, 1.82) is 0 Å². The van der Waals surface area contributed by atoms with Crippen molar-refractivity contribution in [2.24, 2.45) is 11.8 Å². The van der Waals surface area contributed by atoms with Crippen LogP contribution < -0.4 is 4.90 Å². The van der Waals surface area contributed by atoms with Gasteiger partial charge in [-0.25, -0.2) is 4.90 Å². The quantitative estimate of drug-likeness (QED) is 0.459. The molecule has 0 N–H and O–H groups in total. The number of carbonyl (C=O) groups excluding carboxylic acids is 2. The molecule has 5 unspecified atom stereocenters. The lowest BCUT2D eigenvalue weighted by molar-refractivity contribution is -0.122. The first-order chi connectivity index (χ1) is 15.9. The molecule has 1 saturated heterocycles. The Morgan fingerprint density at radius 3 is 2.00 bits per heavy atom. The van der Waals surface area contributed by atoms with Crippen molar-refractivity contribution in [3.8, 4) is 0 Å². The molecule has 33 heavy (non-hydrogen) atoms. The van der Waals surface area contributed by atoms with Gasteiger partial charge in [0.1, 0.15) is 0 Å². The zero-order valence-corrected chi connectivity index (χ0v) is 19.6. The van der Waals surface area contributed by atoms with E-state index in [2.05, 4.69) is 56.3 Å². The van der Waals surface area contributed by atoms with Gasteiger partial charge in [0.05, 0.1) is 17.5 Å². The number of hydrogen-bond donors (Lipinski definition) is 0. The average Bonchev–Trinajstić information content (AvgIpc) is 3.09. The van der Waals surface area contributed by atoms with E-state index in [0.29, 0.717) is 5.92 Å². The van der Waals surface area contributed by atoms with Gasteiger partial charge in [-0.3, -0.25) is 9.59 Å². The zero-order chi connectivity index (χ0) is 23.0. The first-order valence-corrected chi connectivity index (χ1v) is 12.1. The summed E-state index contributed by atoms with van der Waals surface area (Å²) in [6.07, 6.45) is 1.08. The van der Waals surface area contributed by atoms with Crippen LogP contribution in [0.1, 0.15) is 77.0 Å². The van der Waals surface area contributed by atoms with Gasteiger partial charge >= 0.3 is 0 Å². The van der Waals surface area contributed by atoms with Gasteiger partial charge in [-0.05, 0) is 65.6 Å². The summed E-state index contributed by atoms with van der Waals surface area (Å²) in [6, 6.07) is 21.2. The molecule has 3 heteroatoms. The molecule has 1 aliphatic heterocycles. The van der Waals surface area contributed by atoms with Crippen molar-refractivity contribution in [2.45, 2.75) is 51.9 Å². The van der Waals surface area contributed by atoms with Crippen LogP contribution in [0.25, 0.3) is 0 Å². The molecule has 0 spiro atoms. The highest BCUT2D eigenvalue weighted by molar-refractivity contribution is 6.23. The number of anilines is 1. The summed E-state index contributed by atoms with van der Waals surface area (Å²) in [6.45, 7) is 8.49. The highest BCUT2D eigenvalue weighted by Gasteiger charge is 2.62. The maximum atomic E-state index is 14.0. The van der Waals surface area contributed by atoms with Crippen LogP contribution in [-0.4, -0.2) is 11.8 Å². The van der Waals surface area contributed by atoms with Gasteiger partial charge in [-0.15, -0.1) is 0 Å². The van der Waals surface area contributed by atoms with Crippen molar-refractivity contribution >= 4 is 17.5 Å². The largest absolute Gasteiger partial charge is 0.274 e. The van der Waals surface area contributed by atoms with Crippen LogP contribution in [0.5, 0.6) is 0 Å². The lowest BCUT2D eigenvalue weighted by atomic mass is 9.54. The van der Waals surface area contributed by atoms with Crippen molar-refractivity contribution in [3.05, 3.63) is 99.6 Å². The van der Waals surface area contributed by atoms with Gasteiger partial charge in [0.15, 0.2) is 0 Å². The number of hydrogen-bond acceptors (Lipinski definition) is 2. The van der Waals surface area contributed by atoms with Crippen molar-refractivity contribution < 1.29 is 9.59 Å². The smallest absolute Gasteiger partial charge is 0.238 e. The molecule has 2 bridgehead atoms. The van der Waals surface area contributed by atoms with Crippen molar-refractivity contribution in [2.75, 3.05) is 4.90 Å². The molecule has 3 aliphatic carbocycles. The highest BCUT2D eigenvalue weighted by Crippen LogP contribution is 2.61. The summed E-state index contributed by atoms with van der Waals surface area (Å²) in [5.41, 5.74) is 9.08. The minimum absolute atomic E-state index is 0.0407. The predicted molar refractivity (Wildman–Crippen MR) is 131 cm³/mol. The Labute approximate surface area is 195 Å². The Morgan fingerprint density at radius 2 is 1.39 bits per heavy atom. The van der Waals surface area contributed by atoms with E-state index in [9.17, 15) is 9.59 Å². The Hall–Kier alpha value is -3.20. The average molecular weight is 436 g/mol. The Bertz CT molecular complexity index is 1320. The minimum atomic E-state index is -0.335. The van der Waals surface area contributed by atoms with Crippen LogP contribution in [0.2, 0.25) is 0 Å². The molecule has 3 aromatic carbocycles. The fourth-order valence-electron chi connectivity index (χ4n) is 6.58. The first kappa shape index (κ1) is 20.4. The topological polar surface area (TPSA) is 37.4 Å². The molecule has 3 nitrogen and oxygen atoms in total. The fourth-order valence-corrected chi connectivity index (χ4v) is 6.58. The summed E-state index contributed by atoms with van der Waals surface area (Å²) < 4.78 is 0. The van der Waals surface area contributed by atoms with Crippen LogP contribution in [0.4, 0.5) is 5.69 Å². The molecule has 4 aliphatic rings. The van der Waals surface area contributed by atoms with Gasteiger partial charge in [0, 0.05) is 11.8 Å². The molecule has 2 amide bonds. The van der Waals surface area contributed by atoms with Gasteiger partial charge in [0.25, 0.3) is 0 Å². The normalized spacial score (nSPS) is 25.6. The summed E-state index contributed by atoms with van der Waals surface area (Å²) in [4.78, 5) is 29.4. The summed E-state index contributed by atoms with van der Waals surface area (Å²) in [7, 11) is 0. The Kier molecular flexibility index (Phi) is 4.42. The maximum absolute atomic E-state index is 14.0. The van der Waals surface area contributed by atoms with E-state index in [-0.39, 0.29) is 35.5 Å². The Morgan fingerprint density at radius 1 is 0.788 bits per heavy atom. The molecule has 0 saturated carbocycles. The third-order valence-corrected chi connectivity index (χ3v) is 8.34. The third-order valence-electron chi connectivity index (χ3n) is 8.34. The van der Waals surface area contributed by atoms with E-state index < -0.39 is 0 Å². The number of amides is 2. The van der Waals surface area contributed by atoms with E-state index in [1.54, 1.807) is 0 Å². The van der Waals surface area contributed by atoms with E-state index in [4.69, 9.17) is 0 Å². The monoisotopic (exact) mass is 435 g/mol. The lowest BCUT2D eigenvalue weighted by Crippen LogP contribution is -2.41. The molecule has 3 aromatic rings. The van der Waals surface area contributed by atoms with Crippen LogP contribution in [-0.2, 0) is 9.59 Å². The number of aryl methyl sites for hydroxylation is 2. The highest BCUT2D eigenvalue weighted by atomic mass is 16.2. The lowest BCUT2D eigenvalue weighted by Gasteiger charge is -2.46. The van der Waals surface area contributed by atoms with Crippen LogP contribution in [0.15, 0.2) is 60.7 Å². The van der Waals surface area contributed by atoms with Gasteiger partial charge < -0.3 is 0 Å². The molecule has 0 radical (unpaired) electrons. The summed E-state index contributed by atoms with van der Waals surface area (Å²) in [5.74, 6) is -0.418. The number of imide groups is 1. The second kappa shape index (κ2) is 7.15. The van der Waals surface area contributed by atoms with Gasteiger partial charge in [-0.1, -0.05) is 74.0 Å². The summed E-state index contributed by atoms with van der Waals surface area (Å²) >= 11 is 0. The fraction of sp³-hybridized carbons (Fsp3) is 0.333. The van der Waals surface area contributed by atoms with E-state index >= 15 is 0 Å². The minimum Gasteiger partial charge on any atom is -0.274 e. The third kappa shape index (κ3) is 2.68. The van der Waals surface area contributed by atoms with Crippen LogP contribution >= 0.6 is 0 Å². The molecular weight excluding hydrogens is 406 g/mol. The van der Waals surface area contributed by atoms with E-state index in [0.717, 1.165) is 23.2 Å². The standard InChI is InChI=1S/C30H29NO2/c1-5-17(3)19-11-12-22-23(15-19)26-21-9-7-6-8-20(21)25(22)27-28(26)30(33)31(29(27)32)24-13-10-16(2)14-18(24)4/h6-15,17,25-28H,5H2,1-4H3. The van der Waals surface area contributed by atoms with Crippen LogP contribution in [0.3, 0.4) is 0 Å². The Balaban J connectivity index is 1.55. The maximum Gasteiger partial charge on any atom is 0.238 e. The van der Waals surface area contributed by atoms with Gasteiger partial charge in [0.2, 0.25) is 11.8 Å². The van der Waals surface area contributed by atoms with E-state index in [1.807, 2.05) is 32.0 Å². The predicted octanol–water partition coefficient (Wildman–Crippen LogP) is 6.21. The molecule has 0 aromatic heterocycles. The second-order valence-electron chi connectivity index (χ2n) is 10.1. The van der Waals surface area contributed by atoms with Crippen molar-refractivity contribution in [3.63, 3.8) is 0 Å². The number of nitrogens with zero attached hydrogens (tertiary/aromatic N) is 1. The van der Waals surface area contributed by atoms with Gasteiger partial charge in [-0.2, -0.15) is 0 Å². The number of carbonyl (C=O) groups is 2. The number of benzene rings is 3. The molecule has 166 valence electrons. The summed E-state index contributed by atoms with van der Waals surface area (Å²) in [5, 5.41) is 0. The zero-order valence-electron chi connectivity index (χ0n) is 19.6. The first-order valence-electron chi connectivity index (χ1n) is 12.1. The second-order valence-corrected chi connectivity index (χ2v) is 10.1. The van der Waals surface area contributed by atoms with Crippen molar-refractivity contribution in [1.82, 2.24) is 0 Å². The van der Waals surface area contributed by atoms with E-state index in [1.165, 1.54) is 32.7 Å². The molecular formula is C30H29NO2. The SMILES string of the molecule is CCC(C)c1ccc2c(c1)C1c3ccccc3C2C2C(=O)N(c3ccc(C)cc3C)C(=O)C12. The number of rotatable bonds is 3. The van der Waals surface area contributed by atoms with Crippen LogP contribution in [0, 0.1) is 25.7 Å². The molecule has 1 fully saturated rings. The molecule has 1 heterocycles.